The molecule has 0 radical (unpaired) electrons. The highest BCUT2D eigenvalue weighted by atomic mass is 79.9. The van der Waals surface area contributed by atoms with Crippen LogP contribution in [-0.2, 0) is 6.42 Å². The normalized spacial score (nSPS) is 10.9. The van der Waals surface area contributed by atoms with Crippen molar-refractivity contribution in [2.75, 3.05) is 11.9 Å². The van der Waals surface area contributed by atoms with Gasteiger partial charge in [-0.2, -0.15) is 4.98 Å². The summed E-state index contributed by atoms with van der Waals surface area (Å²) in [4.78, 5) is 4.46. The van der Waals surface area contributed by atoms with E-state index < -0.39 is 0 Å². The van der Waals surface area contributed by atoms with Gasteiger partial charge in [0.25, 0.3) is 0 Å². The van der Waals surface area contributed by atoms with Crippen LogP contribution in [-0.4, -0.2) is 21.1 Å². The molecule has 0 aliphatic heterocycles. The van der Waals surface area contributed by atoms with Crippen LogP contribution in [0, 0.1) is 6.92 Å². The lowest BCUT2D eigenvalue weighted by Gasteiger charge is -2.05. The number of rotatable bonds is 4. The van der Waals surface area contributed by atoms with E-state index in [1.807, 2.05) is 18.3 Å². The van der Waals surface area contributed by atoms with Crippen molar-refractivity contribution < 1.29 is 0 Å². The second-order valence-corrected chi connectivity index (χ2v) is 5.52. The van der Waals surface area contributed by atoms with E-state index in [-0.39, 0.29) is 0 Å². The molecule has 0 spiro atoms. The Hall–Kier alpha value is -1.88. The fourth-order valence-electron chi connectivity index (χ4n) is 2.15. The molecule has 5 heteroatoms. The molecule has 0 saturated heterocycles. The average molecular weight is 331 g/mol. The van der Waals surface area contributed by atoms with Crippen molar-refractivity contribution in [2.24, 2.45) is 0 Å². The van der Waals surface area contributed by atoms with Crippen LogP contribution >= 0.6 is 15.9 Å². The molecule has 0 amide bonds. The van der Waals surface area contributed by atoms with Crippen LogP contribution in [0.4, 0.5) is 5.95 Å². The molecule has 3 aromatic rings. The number of nitrogens with one attached hydrogen (secondary N) is 1. The zero-order chi connectivity index (χ0) is 13.9. The number of hydrogen-bond donors (Lipinski definition) is 1. The summed E-state index contributed by atoms with van der Waals surface area (Å²) in [6, 6.07) is 12.3. The predicted octanol–water partition coefficient (Wildman–Crippen LogP) is 3.45. The maximum Gasteiger partial charge on any atom is 0.243 e. The van der Waals surface area contributed by atoms with Gasteiger partial charge in [0, 0.05) is 12.7 Å². The maximum absolute atomic E-state index is 4.46. The number of fused-ring (bicyclic) bond motifs is 1. The number of anilines is 1. The quantitative estimate of drug-likeness (QED) is 0.796. The van der Waals surface area contributed by atoms with Gasteiger partial charge in [-0.25, -0.2) is 4.52 Å². The van der Waals surface area contributed by atoms with Crippen molar-refractivity contribution in [1.29, 1.82) is 0 Å². The molecule has 1 aromatic carbocycles. The monoisotopic (exact) mass is 330 g/mol. The molecule has 0 fully saturated rings. The predicted molar refractivity (Wildman–Crippen MR) is 84.1 cm³/mol. The molecule has 20 heavy (non-hydrogen) atoms. The summed E-state index contributed by atoms with van der Waals surface area (Å²) < 4.78 is 2.71. The first-order valence-corrected chi connectivity index (χ1v) is 7.32. The molecule has 102 valence electrons. The molecule has 2 aromatic heterocycles. The molecule has 1 N–H and O–H groups in total. The van der Waals surface area contributed by atoms with Gasteiger partial charge in [-0.1, -0.05) is 24.3 Å². The lowest BCUT2D eigenvalue weighted by Crippen LogP contribution is -2.07. The van der Waals surface area contributed by atoms with Crippen LogP contribution in [0.3, 0.4) is 0 Å². The Labute approximate surface area is 126 Å². The molecule has 4 nitrogen and oxygen atoms in total. The lowest BCUT2D eigenvalue weighted by molar-refractivity contribution is 0.933. The molecule has 0 aliphatic rings. The van der Waals surface area contributed by atoms with E-state index in [0.717, 1.165) is 23.1 Å². The van der Waals surface area contributed by atoms with Gasteiger partial charge in [-0.15, -0.1) is 5.10 Å². The van der Waals surface area contributed by atoms with Crippen LogP contribution in [0.15, 0.2) is 47.1 Å². The highest BCUT2D eigenvalue weighted by molar-refractivity contribution is 9.10. The highest BCUT2D eigenvalue weighted by Gasteiger charge is 2.05. The first-order chi connectivity index (χ1) is 9.74. The zero-order valence-electron chi connectivity index (χ0n) is 11.2. The molecule has 0 aliphatic carbocycles. The van der Waals surface area contributed by atoms with Gasteiger partial charge < -0.3 is 5.32 Å². The van der Waals surface area contributed by atoms with Crippen molar-refractivity contribution in [1.82, 2.24) is 14.6 Å². The van der Waals surface area contributed by atoms with Gasteiger partial charge >= 0.3 is 0 Å². The minimum Gasteiger partial charge on any atom is -0.353 e. The smallest absolute Gasteiger partial charge is 0.243 e. The van der Waals surface area contributed by atoms with E-state index in [0.29, 0.717) is 5.95 Å². The molecule has 0 atom stereocenters. The van der Waals surface area contributed by atoms with Crippen LogP contribution in [0.5, 0.6) is 0 Å². The largest absolute Gasteiger partial charge is 0.353 e. The summed E-state index contributed by atoms with van der Waals surface area (Å²) in [5.41, 5.74) is 3.50. The summed E-state index contributed by atoms with van der Waals surface area (Å²) in [6.07, 6.45) is 2.85. The Kier molecular flexibility index (Phi) is 3.69. The van der Waals surface area contributed by atoms with E-state index in [9.17, 15) is 0 Å². The van der Waals surface area contributed by atoms with Gasteiger partial charge in [0.15, 0.2) is 5.65 Å². The summed E-state index contributed by atoms with van der Waals surface area (Å²) in [5.74, 6) is 0.658. The molecule has 2 heterocycles. The molecule has 0 unspecified atom stereocenters. The van der Waals surface area contributed by atoms with Gasteiger partial charge in [-0.05, 0) is 52.5 Å². The first kappa shape index (κ1) is 13.1. The van der Waals surface area contributed by atoms with Gasteiger partial charge in [-0.3, -0.25) is 0 Å². The number of nitrogens with zero attached hydrogens (tertiary/aromatic N) is 3. The zero-order valence-corrected chi connectivity index (χ0v) is 12.8. The molecular formula is C15H15BrN4. The second kappa shape index (κ2) is 5.63. The minimum atomic E-state index is 0.658. The Balaban J connectivity index is 1.68. The third-order valence-electron chi connectivity index (χ3n) is 3.25. The van der Waals surface area contributed by atoms with Crippen molar-refractivity contribution in [3.63, 3.8) is 0 Å². The molecule has 0 saturated carbocycles. The van der Waals surface area contributed by atoms with E-state index in [1.165, 1.54) is 11.1 Å². The molecular weight excluding hydrogens is 316 g/mol. The summed E-state index contributed by atoms with van der Waals surface area (Å²) in [7, 11) is 0. The van der Waals surface area contributed by atoms with Crippen LogP contribution in [0.2, 0.25) is 0 Å². The molecule has 0 bridgehead atoms. The number of aromatic nitrogens is 3. The third-order valence-corrected chi connectivity index (χ3v) is 3.87. The number of hydrogen-bond acceptors (Lipinski definition) is 3. The van der Waals surface area contributed by atoms with Crippen LogP contribution in [0.25, 0.3) is 5.65 Å². The number of pyridine rings is 1. The average Bonchev–Trinajstić information content (AvgIpc) is 2.85. The van der Waals surface area contributed by atoms with E-state index >= 15 is 0 Å². The number of aryl methyl sites for hydroxylation is 1. The van der Waals surface area contributed by atoms with Crippen molar-refractivity contribution in [3.8, 4) is 0 Å². The van der Waals surface area contributed by atoms with E-state index in [2.05, 4.69) is 62.5 Å². The fraction of sp³-hybridized carbons (Fsp3) is 0.200. The van der Waals surface area contributed by atoms with E-state index in [4.69, 9.17) is 0 Å². The van der Waals surface area contributed by atoms with Crippen LogP contribution in [0.1, 0.15) is 11.1 Å². The Morgan fingerprint density at radius 1 is 1.20 bits per heavy atom. The second-order valence-electron chi connectivity index (χ2n) is 4.66. The number of halogens is 1. The Morgan fingerprint density at radius 2 is 2.05 bits per heavy atom. The first-order valence-electron chi connectivity index (χ1n) is 6.53. The van der Waals surface area contributed by atoms with Crippen LogP contribution < -0.4 is 5.32 Å². The fourth-order valence-corrected chi connectivity index (χ4v) is 2.57. The summed E-state index contributed by atoms with van der Waals surface area (Å²) in [6.45, 7) is 2.95. The summed E-state index contributed by atoms with van der Waals surface area (Å²) >= 11 is 3.47. The summed E-state index contributed by atoms with van der Waals surface area (Å²) in [5, 5.41) is 7.66. The topological polar surface area (TPSA) is 42.2 Å². The van der Waals surface area contributed by atoms with Gasteiger partial charge in [0.05, 0.1) is 4.47 Å². The minimum absolute atomic E-state index is 0.658. The SMILES string of the molecule is Cc1ccccc1CCNc1nc2c(Br)cccn2n1. The Bertz CT molecular complexity index is 736. The highest BCUT2D eigenvalue weighted by Crippen LogP contribution is 2.16. The lowest BCUT2D eigenvalue weighted by atomic mass is 10.1. The maximum atomic E-state index is 4.46. The van der Waals surface area contributed by atoms with E-state index in [1.54, 1.807) is 4.52 Å². The number of benzene rings is 1. The Morgan fingerprint density at radius 3 is 2.85 bits per heavy atom. The van der Waals surface area contributed by atoms with Crippen molar-refractivity contribution >= 4 is 27.5 Å². The van der Waals surface area contributed by atoms with Gasteiger partial charge in [0.1, 0.15) is 0 Å². The van der Waals surface area contributed by atoms with Crippen molar-refractivity contribution in [2.45, 2.75) is 13.3 Å². The van der Waals surface area contributed by atoms with Gasteiger partial charge in [0.2, 0.25) is 5.95 Å². The third kappa shape index (κ3) is 2.67. The molecule has 3 rings (SSSR count). The standard InChI is InChI=1S/C15H15BrN4/c1-11-5-2-3-6-12(11)8-9-17-15-18-14-13(16)7-4-10-20(14)19-15/h2-7,10H,8-9H2,1H3,(H,17,19). The van der Waals surface area contributed by atoms with Crippen molar-refractivity contribution in [3.05, 3.63) is 58.2 Å².